The van der Waals surface area contributed by atoms with Gasteiger partial charge in [0.25, 0.3) is 5.91 Å². The fraction of sp³-hybridized carbons (Fsp3) is 0.500. The Kier molecular flexibility index (Phi) is 9.27. The third kappa shape index (κ3) is 6.78. The number of rotatable bonds is 13. The van der Waals surface area contributed by atoms with Gasteiger partial charge in [-0.2, -0.15) is 0 Å². The topological polar surface area (TPSA) is 76.8 Å². The molecule has 0 spiro atoms. The highest BCUT2D eigenvalue weighted by atomic mass is 35.5. The molecular weight excluding hydrogens is 438 g/mol. The molecule has 1 aliphatic heterocycles. The van der Waals surface area contributed by atoms with Crippen molar-refractivity contribution < 1.29 is 14.3 Å². The molecule has 3 rings (SSSR count). The lowest BCUT2D eigenvalue weighted by Gasteiger charge is -2.22. The van der Waals surface area contributed by atoms with Gasteiger partial charge in [-0.1, -0.05) is 31.0 Å². The number of nitrogens with two attached hydrogens (primary N) is 1. The van der Waals surface area contributed by atoms with Crippen LogP contribution in [0.15, 0.2) is 30.3 Å². The van der Waals surface area contributed by atoms with Crippen LogP contribution in [0.3, 0.4) is 0 Å². The van der Waals surface area contributed by atoms with E-state index in [-0.39, 0.29) is 11.9 Å². The number of carbonyl (C=O) groups excluding carboxylic acids is 1. The van der Waals surface area contributed by atoms with E-state index in [1.54, 1.807) is 12.1 Å². The summed E-state index contributed by atoms with van der Waals surface area (Å²) in [5.41, 5.74) is 9.82. The third-order valence-electron chi connectivity index (χ3n) is 5.86. The number of primary amides is 1. The summed E-state index contributed by atoms with van der Waals surface area (Å²) in [6, 6.07) is 9.83. The minimum absolute atomic E-state index is 0.224. The molecule has 0 radical (unpaired) electrons. The molecule has 33 heavy (non-hydrogen) atoms. The molecular formula is C26H36ClN3O3. The lowest BCUT2D eigenvalue weighted by atomic mass is 9.98. The Bertz CT molecular complexity index is 951. The van der Waals surface area contributed by atoms with Crippen LogP contribution in [0, 0.1) is 0 Å². The van der Waals surface area contributed by atoms with E-state index in [4.69, 9.17) is 26.8 Å². The van der Waals surface area contributed by atoms with Crippen LogP contribution in [0.1, 0.15) is 55.1 Å². The number of unbranched alkanes of at least 4 members (excludes halogenated alkanes) is 1. The zero-order valence-corrected chi connectivity index (χ0v) is 20.7. The molecule has 2 aromatic carbocycles. The predicted molar refractivity (Wildman–Crippen MR) is 135 cm³/mol. The highest BCUT2D eigenvalue weighted by Gasteiger charge is 2.25. The van der Waals surface area contributed by atoms with Gasteiger partial charge in [-0.15, -0.1) is 0 Å². The van der Waals surface area contributed by atoms with Crippen LogP contribution >= 0.6 is 11.6 Å². The second-order valence-corrected chi connectivity index (χ2v) is 8.97. The standard InChI is InChI=1S/C26H36ClN3O3/c1-4-6-11-30-12-9-20-15-19(16-22(25(20)30)26(28)31)14-18(3)29-10-13-33-23-8-7-21(27)17-24(23)32-5-2/h7-8,15-18,29H,4-6,9-14H2,1-3H3,(H2,28,31)/t18-/m1/s1. The molecule has 2 aromatic rings. The minimum Gasteiger partial charge on any atom is -0.490 e. The van der Waals surface area contributed by atoms with E-state index in [1.807, 2.05) is 19.1 Å². The largest absolute Gasteiger partial charge is 0.490 e. The van der Waals surface area contributed by atoms with Crippen molar-refractivity contribution in [3.63, 3.8) is 0 Å². The molecule has 0 bridgehead atoms. The van der Waals surface area contributed by atoms with Crippen molar-refractivity contribution in [2.75, 3.05) is 37.7 Å². The number of nitrogens with zero attached hydrogens (tertiary/aromatic N) is 1. The number of ether oxygens (including phenoxy) is 2. The quantitative estimate of drug-likeness (QED) is 0.416. The molecule has 180 valence electrons. The summed E-state index contributed by atoms with van der Waals surface area (Å²) in [5.74, 6) is 0.995. The zero-order chi connectivity index (χ0) is 23.8. The minimum atomic E-state index is -0.349. The Balaban J connectivity index is 1.56. The van der Waals surface area contributed by atoms with Crippen LogP contribution in [0.2, 0.25) is 5.02 Å². The van der Waals surface area contributed by atoms with Gasteiger partial charge in [0.05, 0.1) is 17.9 Å². The van der Waals surface area contributed by atoms with Gasteiger partial charge >= 0.3 is 0 Å². The Labute approximate surface area is 202 Å². The van der Waals surface area contributed by atoms with Gasteiger partial charge in [0.2, 0.25) is 0 Å². The second kappa shape index (κ2) is 12.1. The average Bonchev–Trinajstić information content (AvgIpc) is 3.18. The lowest BCUT2D eigenvalue weighted by Crippen LogP contribution is -2.32. The van der Waals surface area contributed by atoms with Gasteiger partial charge in [0.1, 0.15) is 6.61 Å². The molecule has 7 heteroatoms. The van der Waals surface area contributed by atoms with Crippen molar-refractivity contribution in [3.8, 4) is 11.5 Å². The first kappa shape index (κ1) is 25.2. The first-order valence-corrected chi connectivity index (χ1v) is 12.3. The maximum atomic E-state index is 12.2. The normalized spacial score (nSPS) is 13.6. The number of carbonyl (C=O) groups is 1. The fourth-order valence-corrected chi connectivity index (χ4v) is 4.49. The van der Waals surface area contributed by atoms with Gasteiger partial charge in [0.15, 0.2) is 11.5 Å². The van der Waals surface area contributed by atoms with Crippen molar-refractivity contribution in [3.05, 3.63) is 52.0 Å². The molecule has 3 N–H and O–H groups in total. The maximum Gasteiger partial charge on any atom is 0.250 e. The molecule has 0 fully saturated rings. The predicted octanol–water partition coefficient (Wildman–Crippen LogP) is 4.60. The third-order valence-corrected chi connectivity index (χ3v) is 6.10. The van der Waals surface area contributed by atoms with E-state index in [0.717, 1.165) is 50.0 Å². The van der Waals surface area contributed by atoms with Crippen LogP contribution in [0.25, 0.3) is 0 Å². The van der Waals surface area contributed by atoms with Gasteiger partial charge < -0.3 is 25.4 Å². The summed E-state index contributed by atoms with van der Waals surface area (Å²) in [5, 5.41) is 4.12. The zero-order valence-electron chi connectivity index (χ0n) is 20.0. The number of anilines is 1. The average molecular weight is 474 g/mol. The van der Waals surface area contributed by atoms with Gasteiger partial charge in [-0.05, 0) is 62.4 Å². The van der Waals surface area contributed by atoms with E-state index in [1.165, 1.54) is 5.56 Å². The summed E-state index contributed by atoms with van der Waals surface area (Å²) in [6.07, 6.45) is 4.03. The molecule has 1 aliphatic rings. The fourth-order valence-electron chi connectivity index (χ4n) is 4.33. The van der Waals surface area contributed by atoms with Crippen LogP contribution in [0.4, 0.5) is 5.69 Å². The van der Waals surface area contributed by atoms with E-state index in [9.17, 15) is 4.79 Å². The molecule has 0 saturated heterocycles. The highest BCUT2D eigenvalue weighted by molar-refractivity contribution is 6.30. The molecule has 1 amide bonds. The number of fused-ring (bicyclic) bond motifs is 1. The molecule has 0 unspecified atom stereocenters. The van der Waals surface area contributed by atoms with E-state index in [0.29, 0.717) is 41.8 Å². The first-order valence-electron chi connectivity index (χ1n) is 11.9. The number of nitrogens with one attached hydrogen (secondary N) is 1. The van der Waals surface area contributed by atoms with E-state index >= 15 is 0 Å². The Hall–Kier alpha value is -2.44. The van der Waals surface area contributed by atoms with E-state index < -0.39 is 0 Å². The van der Waals surface area contributed by atoms with Crippen LogP contribution in [-0.4, -0.2) is 44.8 Å². The van der Waals surface area contributed by atoms with Gasteiger partial charge in [0, 0.05) is 36.8 Å². The second-order valence-electron chi connectivity index (χ2n) is 8.54. The van der Waals surface area contributed by atoms with Crippen molar-refractivity contribution in [1.29, 1.82) is 0 Å². The summed E-state index contributed by atoms with van der Waals surface area (Å²) < 4.78 is 11.5. The number of benzene rings is 2. The van der Waals surface area contributed by atoms with Gasteiger partial charge in [-0.3, -0.25) is 4.79 Å². The monoisotopic (exact) mass is 473 g/mol. The molecule has 1 heterocycles. The molecule has 0 saturated carbocycles. The van der Waals surface area contributed by atoms with Crippen LogP contribution < -0.4 is 25.4 Å². The van der Waals surface area contributed by atoms with Crippen molar-refractivity contribution in [2.45, 2.75) is 52.5 Å². The summed E-state index contributed by atoms with van der Waals surface area (Å²) in [7, 11) is 0. The summed E-state index contributed by atoms with van der Waals surface area (Å²) >= 11 is 6.05. The van der Waals surface area contributed by atoms with E-state index in [2.05, 4.69) is 30.1 Å². The molecule has 1 atom stereocenters. The smallest absolute Gasteiger partial charge is 0.250 e. The van der Waals surface area contributed by atoms with Crippen LogP contribution in [0.5, 0.6) is 11.5 Å². The lowest BCUT2D eigenvalue weighted by molar-refractivity contribution is 0.100. The number of hydrogen-bond donors (Lipinski definition) is 2. The van der Waals surface area contributed by atoms with Gasteiger partial charge in [-0.25, -0.2) is 0 Å². The number of hydrogen-bond acceptors (Lipinski definition) is 5. The maximum absolute atomic E-state index is 12.2. The van der Waals surface area contributed by atoms with Crippen molar-refractivity contribution in [2.24, 2.45) is 5.73 Å². The molecule has 0 aliphatic carbocycles. The molecule has 0 aromatic heterocycles. The summed E-state index contributed by atoms with van der Waals surface area (Å²) in [6.45, 7) is 9.93. The first-order chi connectivity index (χ1) is 15.9. The van der Waals surface area contributed by atoms with Crippen molar-refractivity contribution in [1.82, 2.24) is 5.32 Å². The Morgan fingerprint density at radius 1 is 1.21 bits per heavy atom. The number of amides is 1. The number of halogens is 1. The Morgan fingerprint density at radius 2 is 2.03 bits per heavy atom. The van der Waals surface area contributed by atoms with Crippen LogP contribution in [-0.2, 0) is 12.8 Å². The summed E-state index contributed by atoms with van der Waals surface area (Å²) in [4.78, 5) is 14.5. The highest BCUT2D eigenvalue weighted by Crippen LogP contribution is 2.34. The Morgan fingerprint density at radius 3 is 2.76 bits per heavy atom. The van der Waals surface area contributed by atoms with Crippen molar-refractivity contribution >= 4 is 23.2 Å². The SMILES string of the molecule is CCCCN1CCc2cc(C[C@@H](C)NCCOc3ccc(Cl)cc3OCC)cc(C(N)=O)c21. The molecule has 6 nitrogen and oxygen atoms in total.